The normalized spacial score (nSPS) is 18.1. The summed E-state index contributed by atoms with van der Waals surface area (Å²) in [5, 5.41) is 16.7. The minimum Gasteiger partial charge on any atom is -0.365 e. The molecule has 0 unspecified atom stereocenters. The molecule has 2 heterocycles. The fourth-order valence-corrected chi connectivity index (χ4v) is 4.94. The lowest BCUT2D eigenvalue weighted by Gasteiger charge is -2.40. The Morgan fingerprint density at radius 1 is 1.29 bits per heavy atom. The number of carbonyl (C=O) groups is 2. The number of benzene rings is 1. The van der Waals surface area contributed by atoms with Crippen LogP contribution < -0.4 is 11.1 Å². The van der Waals surface area contributed by atoms with Crippen LogP contribution in [-0.4, -0.2) is 45.1 Å². The lowest BCUT2D eigenvalue weighted by molar-refractivity contribution is -0.117. The van der Waals surface area contributed by atoms with Crippen LogP contribution in [0.4, 0.5) is 19.0 Å². The fourth-order valence-electron chi connectivity index (χ4n) is 4.31. The Hall–Kier alpha value is -3.04. The first-order valence-corrected chi connectivity index (χ1v) is 12.0. The van der Waals surface area contributed by atoms with Gasteiger partial charge in [-0.15, -0.1) is 0 Å². The molecule has 2 aliphatic rings. The van der Waals surface area contributed by atoms with Crippen LogP contribution in [0.3, 0.4) is 0 Å². The van der Waals surface area contributed by atoms with Crippen molar-refractivity contribution < 1.29 is 22.8 Å². The van der Waals surface area contributed by atoms with E-state index in [9.17, 15) is 28.0 Å². The van der Waals surface area contributed by atoms with Gasteiger partial charge in [-0.1, -0.05) is 12.1 Å². The number of amides is 2. The van der Waals surface area contributed by atoms with E-state index in [1.807, 2.05) is 0 Å². The molecule has 8 nitrogen and oxygen atoms in total. The van der Waals surface area contributed by atoms with E-state index in [-0.39, 0.29) is 46.3 Å². The first kappa shape index (κ1) is 25.1. The zero-order chi connectivity index (χ0) is 25.2. The Morgan fingerprint density at radius 3 is 2.60 bits per heavy atom. The summed E-state index contributed by atoms with van der Waals surface area (Å²) in [4.78, 5) is 26.5. The van der Waals surface area contributed by atoms with E-state index in [1.54, 1.807) is 16.8 Å². The topological polar surface area (TPSA) is 117 Å². The van der Waals surface area contributed by atoms with Gasteiger partial charge in [0.15, 0.2) is 5.82 Å². The third kappa shape index (κ3) is 6.15. The number of nitriles is 1. The maximum absolute atomic E-state index is 12.7. The summed E-state index contributed by atoms with van der Waals surface area (Å²) in [6.45, 7) is 1.63. The van der Waals surface area contributed by atoms with Gasteiger partial charge in [0.25, 0.3) is 5.91 Å². The largest absolute Gasteiger partial charge is 0.446 e. The van der Waals surface area contributed by atoms with Crippen molar-refractivity contribution in [2.24, 2.45) is 11.7 Å². The van der Waals surface area contributed by atoms with Crippen molar-refractivity contribution >= 4 is 29.4 Å². The number of alkyl halides is 3. The molecule has 35 heavy (non-hydrogen) atoms. The first-order valence-electron chi connectivity index (χ1n) is 11.2. The molecule has 2 amide bonds. The summed E-state index contributed by atoms with van der Waals surface area (Å²) in [5.74, 6) is -0.894. The molecule has 1 saturated heterocycles. The number of halogens is 3. The Bertz CT molecular complexity index is 1150. The molecular formula is C23H25F3N6O2S. The van der Waals surface area contributed by atoms with Gasteiger partial charge in [0, 0.05) is 36.6 Å². The van der Waals surface area contributed by atoms with Gasteiger partial charge in [0.05, 0.1) is 18.0 Å². The lowest BCUT2D eigenvalue weighted by Crippen LogP contribution is -2.46. The van der Waals surface area contributed by atoms with Gasteiger partial charge < -0.3 is 11.1 Å². The predicted molar refractivity (Wildman–Crippen MR) is 123 cm³/mol. The second-order valence-electron chi connectivity index (χ2n) is 8.99. The van der Waals surface area contributed by atoms with Crippen molar-refractivity contribution in [3.63, 3.8) is 0 Å². The molecule has 3 N–H and O–H groups in total. The molecule has 2 fully saturated rings. The molecule has 0 radical (unpaired) electrons. The smallest absolute Gasteiger partial charge is 0.365 e. The van der Waals surface area contributed by atoms with Crippen LogP contribution in [0.15, 0.2) is 35.4 Å². The maximum atomic E-state index is 12.7. The van der Waals surface area contributed by atoms with Gasteiger partial charge in [-0.05, 0) is 55.1 Å². The number of rotatable bonds is 8. The van der Waals surface area contributed by atoms with Crippen LogP contribution in [0.2, 0.25) is 0 Å². The van der Waals surface area contributed by atoms with E-state index in [4.69, 9.17) is 5.73 Å². The molecule has 2 aromatic rings. The number of nitrogens with one attached hydrogen (secondary N) is 1. The summed E-state index contributed by atoms with van der Waals surface area (Å²) >= 11 is -0.138. The van der Waals surface area contributed by atoms with Gasteiger partial charge in [-0.25, -0.2) is 0 Å². The van der Waals surface area contributed by atoms with Crippen molar-refractivity contribution in [2.75, 3.05) is 18.4 Å². The number of hydrogen-bond donors (Lipinski definition) is 2. The number of primary amides is 1. The number of aromatic nitrogens is 2. The molecule has 0 spiro atoms. The highest BCUT2D eigenvalue weighted by atomic mass is 32.2. The fraction of sp³-hybridized carbons (Fsp3) is 0.478. The van der Waals surface area contributed by atoms with E-state index < -0.39 is 17.0 Å². The Kier molecular flexibility index (Phi) is 7.10. The second-order valence-corrected chi connectivity index (χ2v) is 10.1. The molecule has 1 aromatic heterocycles. The first-order chi connectivity index (χ1) is 16.6. The average molecular weight is 507 g/mol. The van der Waals surface area contributed by atoms with Crippen molar-refractivity contribution in [2.45, 2.75) is 54.6 Å². The summed E-state index contributed by atoms with van der Waals surface area (Å²) in [5.41, 5.74) is 1.35. The number of thioether (sulfide) groups is 1. The third-order valence-corrected chi connectivity index (χ3v) is 7.11. The number of hydrogen-bond acceptors (Lipinski definition) is 6. The monoisotopic (exact) mass is 506 g/mol. The van der Waals surface area contributed by atoms with Crippen molar-refractivity contribution in [1.82, 2.24) is 14.7 Å². The molecular weight excluding hydrogens is 481 g/mol. The average Bonchev–Trinajstić information content (AvgIpc) is 3.54. The number of likely N-dealkylation sites (tertiary alicyclic amines) is 1. The molecule has 4 rings (SSSR count). The molecule has 1 saturated carbocycles. The maximum Gasteiger partial charge on any atom is 0.446 e. The molecule has 12 heteroatoms. The summed E-state index contributed by atoms with van der Waals surface area (Å²) in [6.07, 6.45) is 4.31. The minimum absolute atomic E-state index is 0.0785. The summed E-state index contributed by atoms with van der Waals surface area (Å²) in [6, 6.07) is 8.58. The highest BCUT2D eigenvalue weighted by Gasteiger charge is 2.39. The standard InChI is InChI=1S/C23H25F3N6O2S/c24-23(25,26)35-17-3-1-2-15(12-17)13-31-10-7-22(6-9-27,8-11-31)32-14-18(19(28)33)20(30-32)29-21(34)16-4-5-16/h1-3,12,14,16H,4-8,10-11,13H2,(H2,28,33)(H,29,30,34). The zero-order valence-corrected chi connectivity index (χ0v) is 19.7. The van der Waals surface area contributed by atoms with E-state index in [0.717, 1.165) is 18.4 Å². The van der Waals surface area contributed by atoms with Crippen LogP contribution >= 0.6 is 11.8 Å². The second kappa shape index (κ2) is 9.91. The quantitative estimate of drug-likeness (QED) is 0.526. The molecule has 186 valence electrons. The molecule has 1 aromatic carbocycles. The van der Waals surface area contributed by atoms with E-state index in [0.29, 0.717) is 32.5 Å². The highest BCUT2D eigenvalue weighted by Crippen LogP contribution is 2.38. The van der Waals surface area contributed by atoms with Crippen LogP contribution in [0.1, 0.15) is 48.0 Å². The summed E-state index contributed by atoms with van der Waals surface area (Å²) in [7, 11) is 0. The van der Waals surface area contributed by atoms with Crippen molar-refractivity contribution in [3.8, 4) is 6.07 Å². The molecule has 1 aliphatic carbocycles. The Labute approximate surface area is 204 Å². The van der Waals surface area contributed by atoms with Crippen LogP contribution in [0.5, 0.6) is 0 Å². The van der Waals surface area contributed by atoms with E-state index in [1.165, 1.54) is 18.3 Å². The van der Waals surface area contributed by atoms with Gasteiger partial charge in [-0.3, -0.25) is 19.2 Å². The Balaban J connectivity index is 1.48. The summed E-state index contributed by atoms with van der Waals surface area (Å²) < 4.78 is 39.7. The zero-order valence-electron chi connectivity index (χ0n) is 18.8. The minimum atomic E-state index is -4.34. The number of nitrogens with two attached hydrogens (primary N) is 1. The van der Waals surface area contributed by atoms with Crippen molar-refractivity contribution in [3.05, 3.63) is 41.6 Å². The Morgan fingerprint density at radius 2 is 2.00 bits per heavy atom. The third-order valence-electron chi connectivity index (χ3n) is 6.39. The van der Waals surface area contributed by atoms with Gasteiger partial charge in [-0.2, -0.15) is 23.5 Å². The number of nitrogens with zero attached hydrogens (tertiary/aromatic N) is 4. The van der Waals surface area contributed by atoms with E-state index >= 15 is 0 Å². The van der Waals surface area contributed by atoms with Crippen LogP contribution in [-0.2, 0) is 16.9 Å². The SMILES string of the molecule is N#CCC1(n2cc(C(N)=O)c(NC(=O)C3CC3)n2)CCN(Cc2cccc(SC(F)(F)F)c2)CC1. The van der Waals surface area contributed by atoms with Crippen LogP contribution in [0.25, 0.3) is 0 Å². The number of piperidine rings is 1. The van der Waals surface area contributed by atoms with Gasteiger partial charge in [0.2, 0.25) is 5.91 Å². The predicted octanol–water partition coefficient (Wildman–Crippen LogP) is 3.85. The van der Waals surface area contributed by atoms with Crippen LogP contribution in [0, 0.1) is 17.2 Å². The lowest BCUT2D eigenvalue weighted by atomic mass is 9.84. The number of carbonyl (C=O) groups excluding carboxylic acids is 2. The van der Waals surface area contributed by atoms with Crippen molar-refractivity contribution in [1.29, 1.82) is 5.26 Å². The van der Waals surface area contributed by atoms with E-state index in [2.05, 4.69) is 21.4 Å². The van der Waals surface area contributed by atoms with Gasteiger partial charge >= 0.3 is 5.51 Å². The highest BCUT2D eigenvalue weighted by molar-refractivity contribution is 8.00. The van der Waals surface area contributed by atoms with Gasteiger partial charge in [0.1, 0.15) is 5.56 Å². The molecule has 1 aliphatic heterocycles. The molecule has 0 atom stereocenters. The molecule has 0 bridgehead atoms. The number of anilines is 1.